The second kappa shape index (κ2) is 9.13. The van der Waals surface area contributed by atoms with Crippen LogP contribution in [0.5, 0.6) is 11.5 Å². The highest BCUT2D eigenvalue weighted by molar-refractivity contribution is 5.69. The number of benzene rings is 1. The number of ether oxygens (including phenoxy) is 2. The van der Waals surface area contributed by atoms with Crippen LogP contribution in [0.25, 0.3) is 16.9 Å². The summed E-state index contributed by atoms with van der Waals surface area (Å²) >= 11 is 0. The largest absolute Gasteiger partial charge is 0.497 e. The average molecular weight is 398 g/mol. The van der Waals surface area contributed by atoms with Gasteiger partial charge in [-0.1, -0.05) is 6.92 Å². The van der Waals surface area contributed by atoms with E-state index in [2.05, 4.69) is 38.2 Å². The van der Waals surface area contributed by atoms with E-state index >= 15 is 0 Å². The third kappa shape index (κ3) is 4.62. The molecule has 0 atom stereocenters. The number of hydrogen-bond donors (Lipinski definition) is 1. The Morgan fingerprint density at radius 1 is 1.07 bits per heavy atom. The molecule has 0 bridgehead atoms. The summed E-state index contributed by atoms with van der Waals surface area (Å²) < 4.78 is 12.7. The number of rotatable bonds is 9. The van der Waals surface area contributed by atoms with Gasteiger partial charge in [0, 0.05) is 35.5 Å². The Labute approximate surface area is 172 Å². The molecule has 7 nitrogen and oxygen atoms in total. The number of methoxy groups -OCH3 is 2. The predicted molar refractivity (Wildman–Crippen MR) is 117 cm³/mol. The smallest absolute Gasteiger partial charge is 0.158 e. The van der Waals surface area contributed by atoms with Gasteiger partial charge in [0.15, 0.2) is 5.65 Å². The SMILES string of the molecule is CCc1c(C)nc2cc(-c3cc(OC)cc(OC)c3)nn2c1NCCCN(C)C. The minimum Gasteiger partial charge on any atom is -0.497 e. The molecule has 1 aromatic carbocycles. The lowest BCUT2D eigenvalue weighted by Crippen LogP contribution is -2.18. The molecule has 156 valence electrons. The molecule has 2 aromatic heterocycles. The molecule has 0 fully saturated rings. The van der Waals surface area contributed by atoms with Gasteiger partial charge in [0.2, 0.25) is 0 Å². The molecule has 0 aliphatic heterocycles. The predicted octanol–water partition coefficient (Wildman–Crippen LogP) is 3.65. The van der Waals surface area contributed by atoms with E-state index in [0.29, 0.717) is 0 Å². The minimum absolute atomic E-state index is 0.733. The molecule has 0 amide bonds. The van der Waals surface area contributed by atoms with Gasteiger partial charge in [0.05, 0.1) is 19.9 Å². The first-order chi connectivity index (χ1) is 14.0. The Balaban J connectivity index is 2.03. The molecule has 0 saturated carbocycles. The molecule has 7 heteroatoms. The first-order valence-electron chi connectivity index (χ1n) is 9.98. The van der Waals surface area contributed by atoms with Crippen LogP contribution in [0, 0.1) is 6.92 Å². The van der Waals surface area contributed by atoms with Gasteiger partial charge in [0.25, 0.3) is 0 Å². The lowest BCUT2D eigenvalue weighted by Gasteiger charge is -2.15. The summed E-state index contributed by atoms with van der Waals surface area (Å²) in [5, 5.41) is 8.47. The first-order valence-corrected chi connectivity index (χ1v) is 9.98. The van der Waals surface area contributed by atoms with E-state index in [9.17, 15) is 0 Å². The molecular formula is C22H31N5O2. The molecule has 0 aliphatic rings. The Morgan fingerprint density at radius 2 is 1.76 bits per heavy atom. The van der Waals surface area contributed by atoms with Crippen LogP contribution < -0.4 is 14.8 Å². The molecule has 0 unspecified atom stereocenters. The second-order valence-electron chi connectivity index (χ2n) is 7.36. The summed E-state index contributed by atoms with van der Waals surface area (Å²) in [6, 6.07) is 7.78. The number of nitrogens with one attached hydrogen (secondary N) is 1. The van der Waals surface area contributed by atoms with Gasteiger partial charge in [-0.2, -0.15) is 9.61 Å². The average Bonchev–Trinajstić information content (AvgIpc) is 3.14. The molecule has 2 heterocycles. The van der Waals surface area contributed by atoms with Crippen molar-refractivity contribution in [1.82, 2.24) is 19.5 Å². The molecule has 0 aliphatic carbocycles. The monoisotopic (exact) mass is 397 g/mol. The maximum absolute atomic E-state index is 5.41. The highest BCUT2D eigenvalue weighted by Crippen LogP contribution is 2.31. The van der Waals surface area contributed by atoms with Crippen molar-refractivity contribution in [3.8, 4) is 22.8 Å². The maximum atomic E-state index is 5.41. The van der Waals surface area contributed by atoms with E-state index in [-0.39, 0.29) is 0 Å². The van der Waals surface area contributed by atoms with Gasteiger partial charge in [-0.15, -0.1) is 0 Å². The quantitative estimate of drug-likeness (QED) is 0.556. The summed E-state index contributed by atoms with van der Waals surface area (Å²) in [5.74, 6) is 2.49. The molecule has 0 spiro atoms. The van der Waals surface area contributed by atoms with Crippen molar-refractivity contribution in [3.63, 3.8) is 0 Å². The van der Waals surface area contributed by atoms with Crippen molar-refractivity contribution in [2.75, 3.05) is 46.7 Å². The molecule has 0 radical (unpaired) electrons. The van der Waals surface area contributed by atoms with Crippen LogP contribution in [0.2, 0.25) is 0 Å². The maximum Gasteiger partial charge on any atom is 0.158 e. The van der Waals surface area contributed by atoms with Crippen LogP contribution in [0.15, 0.2) is 24.3 Å². The standard InChI is InChI=1S/C22H31N5O2/c1-7-19-15(2)24-21-14-20(16-11-17(28-5)13-18(12-16)29-6)25-27(21)22(19)23-9-8-10-26(3)4/h11-14,23H,7-10H2,1-6H3. The lowest BCUT2D eigenvalue weighted by atomic mass is 10.1. The Kier molecular flexibility index (Phi) is 6.59. The Hall–Kier alpha value is -2.80. The fourth-order valence-electron chi connectivity index (χ4n) is 3.46. The number of nitrogens with zero attached hydrogens (tertiary/aromatic N) is 4. The van der Waals surface area contributed by atoms with E-state index in [0.717, 1.165) is 65.8 Å². The number of hydrogen-bond acceptors (Lipinski definition) is 6. The molecule has 0 saturated heterocycles. The third-order valence-corrected chi connectivity index (χ3v) is 4.98. The van der Waals surface area contributed by atoms with E-state index in [1.165, 1.54) is 5.56 Å². The number of aromatic nitrogens is 3. The van der Waals surface area contributed by atoms with Gasteiger partial charge in [-0.05, 0) is 52.5 Å². The van der Waals surface area contributed by atoms with Crippen LogP contribution in [0.3, 0.4) is 0 Å². The molecule has 3 aromatic rings. The summed E-state index contributed by atoms with van der Waals surface area (Å²) in [4.78, 5) is 6.98. The van der Waals surface area contributed by atoms with Gasteiger partial charge in [-0.3, -0.25) is 0 Å². The molecule has 3 rings (SSSR count). The van der Waals surface area contributed by atoms with E-state index in [1.54, 1.807) is 14.2 Å². The summed E-state index contributed by atoms with van der Waals surface area (Å²) in [6.07, 6.45) is 1.95. The number of fused-ring (bicyclic) bond motifs is 1. The van der Waals surface area contributed by atoms with Crippen molar-refractivity contribution in [2.45, 2.75) is 26.7 Å². The zero-order valence-electron chi connectivity index (χ0n) is 18.2. The fraction of sp³-hybridized carbons (Fsp3) is 0.455. The topological polar surface area (TPSA) is 63.9 Å². The molecular weight excluding hydrogens is 366 g/mol. The van der Waals surface area contributed by atoms with Crippen molar-refractivity contribution in [1.29, 1.82) is 0 Å². The first kappa shape index (κ1) is 20.9. The van der Waals surface area contributed by atoms with Gasteiger partial charge in [-0.25, -0.2) is 4.98 Å². The van der Waals surface area contributed by atoms with E-state index in [1.807, 2.05) is 28.8 Å². The summed E-state index contributed by atoms with van der Waals surface area (Å²) in [6.45, 7) is 6.13. The zero-order chi connectivity index (χ0) is 21.0. The Morgan fingerprint density at radius 3 is 2.34 bits per heavy atom. The fourth-order valence-corrected chi connectivity index (χ4v) is 3.46. The highest BCUT2D eigenvalue weighted by Gasteiger charge is 2.16. The van der Waals surface area contributed by atoms with Gasteiger partial charge in [0.1, 0.15) is 17.3 Å². The van der Waals surface area contributed by atoms with Crippen molar-refractivity contribution in [2.24, 2.45) is 0 Å². The Bertz CT molecular complexity index is 959. The highest BCUT2D eigenvalue weighted by atomic mass is 16.5. The van der Waals surface area contributed by atoms with Crippen molar-refractivity contribution < 1.29 is 9.47 Å². The molecule has 29 heavy (non-hydrogen) atoms. The molecule has 1 N–H and O–H groups in total. The van der Waals surface area contributed by atoms with E-state index in [4.69, 9.17) is 19.6 Å². The summed E-state index contributed by atoms with van der Waals surface area (Å²) in [7, 11) is 7.48. The summed E-state index contributed by atoms with van der Waals surface area (Å²) in [5.41, 5.74) is 4.82. The van der Waals surface area contributed by atoms with Crippen LogP contribution in [0.1, 0.15) is 24.6 Å². The number of anilines is 1. The lowest BCUT2D eigenvalue weighted by molar-refractivity contribution is 0.394. The minimum atomic E-state index is 0.733. The zero-order valence-corrected chi connectivity index (χ0v) is 18.2. The van der Waals surface area contributed by atoms with Crippen LogP contribution in [-0.4, -0.2) is 60.9 Å². The second-order valence-corrected chi connectivity index (χ2v) is 7.36. The van der Waals surface area contributed by atoms with Crippen LogP contribution in [-0.2, 0) is 6.42 Å². The van der Waals surface area contributed by atoms with E-state index < -0.39 is 0 Å². The third-order valence-electron chi connectivity index (χ3n) is 4.98. The normalized spacial score (nSPS) is 11.3. The van der Waals surface area contributed by atoms with Gasteiger partial charge >= 0.3 is 0 Å². The van der Waals surface area contributed by atoms with Crippen LogP contribution in [0.4, 0.5) is 5.82 Å². The van der Waals surface area contributed by atoms with Crippen LogP contribution >= 0.6 is 0 Å². The number of aryl methyl sites for hydroxylation is 1. The van der Waals surface area contributed by atoms with Crippen molar-refractivity contribution in [3.05, 3.63) is 35.5 Å². The van der Waals surface area contributed by atoms with Gasteiger partial charge < -0.3 is 19.7 Å². The van der Waals surface area contributed by atoms with Crippen molar-refractivity contribution >= 4 is 11.5 Å².